The average Bonchev–Trinajstić information content (AvgIpc) is 2.75. The zero-order valence-corrected chi connectivity index (χ0v) is 14.7. The van der Waals surface area contributed by atoms with Gasteiger partial charge in [-0.1, -0.05) is 25.1 Å². The molecule has 0 spiro atoms. The van der Waals surface area contributed by atoms with Gasteiger partial charge >= 0.3 is 6.03 Å². The maximum atomic E-state index is 12.7. The molecule has 6 heteroatoms. The molecule has 1 heterocycles. The number of nitrogens with zero attached hydrogens (tertiary/aromatic N) is 1. The molecule has 1 aromatic carbocycles. The van der Waals surface area contributed by atoms with Crippen LogP contribution in [0, 0.1) is 0 Å². The maximum Gasteiger partial charge on any atom is 0.318 e. The lowest BCUT2D eigenvalue weighted by atomic mass is 10.0. The number of benzene rings is 1. The van der Waals surface area contributed by atoms with Crippen molar-refractivity contribution in [1.29, 1.82) is 0 Å². The smallest absolute Gasteiger partial charge is 0.318 e. The van der Waals surface area contributed by atoms with E-state index in [1.165, 1.54) is 0 Å². The Morgan fingerprint density at radius 1 is 1.42 bits per heavy atom. The topological polar surface area (TPSA) is 70.7 Å². The van der Waals surface area contributed by atoms with Gasteiger partial charge in [-0.15, -0.1) is 0 Å². The predicted molar refractivity (Wildman–Crippen MR) is 93.0 cm³/mol. The van der Waals surface area contributed by atoms with Crippen LogP contribution in [0.3, 0.4) is 0 Å². The molecule has 6 nitrogen and oxygen atoms in total. The number of nitrogens with one attached hydrogen (secondary N) is 2. The van der Waals surface area contributed by atoms with Crippen molar-refractivity contribution in [2.75, 3.05) is 19.7 Å². The van der Waals surface area contributed by atoms with Crippen molar-refractivity contribution in [3.05, 3.63) is 29.8 Å². The highest BCUT2D eigenvalue weighted by molar-refractivity contribution is 5.87. The molecule has 0 radical (unpaired) electrons. The Hall–Kier alpha value is -2.24. The van der Waals surface area contributed by atoms with Crippen LogP contribution in [0.15, 0.2) is 24.3 Å². The van der Waals surface area contributed by atoms with Crippen LogP contribution in [0.5, 0.6) is 5.75 Å². The molecule has 1 fully saturated rings. The van der Waals surface area contributed by atoms with Crippen LogP contribution in [-0.4, -0.2) is 42.6 Å². The Labute approximate surface area is 143 Å². The molecule has 24 heavy (non-hydrogen) atoms. The minimum Gasteiger partial charge on any atom is -0.494 e. The molecule has 132 valence electrons. The highest BCUT2D eigenvalue weighted by atomic mass is 16.5. The number of hydrogen-bond donors (Lipinski definition) is 2. The fourth-order valence-electron chi connectivity index (χ4n) is 2.91. The molecule has 0 aromatic heterocycles. The van der Waals surface area contributed by atoms with Crippen molar-refractivity contribution in [3.63, 3.8) is 0 Å². The van der Waals surface area contributed by atoms with Crippen LogP contribution in [0.25, 0.3) is 0 Å². The van der Waals surface area contributed by atoms with Gasteiger partial charge in [0, 0.05) is 18.7 Å². The molecule has 0 unspecified atom stereocenters. The van der Waals surface area contributed by atoms with E-state index in [2.05, 4.69) is 10.6 Å². The third-order valence-electron chi connectivity index (χ3n) is 4.28. The summed E-state index contributed by atoms with van der Waals surface area (Å²) in [4.78, 5) is 26.3. The van der Waals surface area contributed by atoms with E-state index in [-0.39, 0.29) is 18.0 Å². The second kappa shape index (κ2) is 8.57. The average molecular weight is 333 g/mol. The van der Waals surface area contributed by atoms with Gasteiger partial charge in [0.15, 0.2) is 0 Å². The van der Waals surface area contributed by atoms with Crippen molar-refractivity contribution in [3.8, 4) is 5.75 Å². The summed E-state index contributed by atoms with van der Waals surface area (Å²) in [5.41, 5.74) is 0.960. The van der Waals surface area contributed by atoms with Gasteiger partial charge in [-0.25, -0.2) is 4.79 Å². The number of carbonyl (C=O) groups is 2. The first-order valence-electron chi connectivity index (χ1n) is 8.65. The van der Waals surface area contributed by atoms with E-state index in [0.717, 1.165) is 24.2 Å². The fourth-order valence-corrected chi connectivity index (χ4v) is 2.91. The molecule has 3 amide bonds. The first-order chi connectivity index (χ1) is 11.6. The second-order valence-electron chi connectivity index (χ2n) is 5.90. The molecule has 2 atom stereocenters. The Kier molecular flexibility index (Phi) is 6.46. The normalized spacial score (nSPS) is 19.2. The standard InChI is InChI=1S/C18H27N3O3/c1-4-15(14-9-6-7-10-16(14)24-5-2)20-18(23)21-12-8-11-19-17(22)13(21)3/h6-7,9-10,13,15H,4-5,8,11-12H2,1-3H3,(H,19,22)(H,20,23)/t13-,15+/m1/s1. The lowest BCUT2D eigenvalue weighted by Crippen LogP contribution is -2.50. The van der Waals surface area contributed by atoms with E-state index >= 15 is 0 Å². The molecular formula is C18H27N3O3. The van der Waals surface area contributed by atoms with Crippen LogP contribution in [0.1, 0.15) is 45.2 Å². The van der Waals surface area contributed by atoms with E-state index < -0.39 is 6.04 Å². The van der Waals surface area contributed by atoms with E-state index in [4.69, 9.17) is 4.74 Å². The number of ether oxygens (including phenoxy) is 1. The second-order valence-corrected chi connectivity index (χ2v) is 5.90. The van der Waals surface area contributed by atoms with E-state index in [0.29, 0.717) is 19.7 Å². The zero-order valence-electron chi connectivity index (χ0n) is 14.7. The van der Waals surface area contributed by atoms with Crippen LogP contribution >= 0.6 is 0 Å². The third-order valence-corrected chi connectivity index (χ3v) is 4.28. The molecule has 1 saturated heterocycles. The molecule has 0 aliphatic carbocycles. The van der Waals surface area contributed by atoms with Crippen molar-refractivity contribution in [2.45, 2.75) is 45.7 Å². The lowest BCUT2D eigenvalue weighted by molar-refractivity contribution is -0.124. The van der Waals surface area contributed by atoms with Crippen molar-refractivity contribution >= 4 is 11.9 Å². The summed E-state index contributed by atoms with van der Waals surface area (Å²) in [6.45, 7) is 7.47. The van der Waals surface area contributed by atoms with Crippen molar-refractivity contribution in [1.82, 2.24) is 15.5 Å². The molecule has 2 rings (SSSR count). The number of carbonyl (C=O) groups excluding carboxylic acids is 2. The summed E-state index contributed by atoms with van der Waals surface area (Å²) < 4.78 is 5.68. The van der Waals surface area contributed by atoms with Gasteiger partial charge in [-0.2, -0.15) is 0 Å². The Morgan fingerprint density at radius 2 is 2.17 bits per heavy atom. The number of urea groups is 1. The van der Waals surface area contributed by atoms with E-state index in [1.54, 1.807) is 11.8 Å². The Balaban J connectivity index is 2.14. The van der Waals surface area contributed by atoms with Crippen LogP contribution in [-0.2, 0) is 4.79 Å². The highest BCUT2D eigenvalue weighted by Gasteiger charge is 2.29. The minimum absolute atomic E-state index is 0.106. The fraction of sp³-hybridized carbons (Fsp3) is 0.556. The molecule has 0 bridgehead atoms. The first-order valence-corrected chi connectivity index (χ1v) is 8.65. The van der Waals surface area contributed by atoms with Gasteiger partial charge < -0.3 is 20.3 Å². The zero-order chi connectivity index (χ0) is 17.5. The molecule has 0 saturated carbocycles. The quantitative estimate of drug-likeness (QED) is 0.869. The monoisotopic (exact) mass is 333 g/mol. The summed E-state index contributed by atoms with van der Waals surface area (Å²) in [7, 11) is 0. The largest absolute Gasteiger partial charge is 0.494 e. The molecule has 1 aromatic rings. The molecule has 1 aliphatic heterocycles. The predicted octanol–water partition coefficient (Wildman–Crippen LogP) is 2.46. The van der Waals surface area contributed by atoms with Gasteiger partial charge in [0.1, 0.15) is 11.8 Å². The molecule has 1 aliphatic rings. The third kappa shape index (κ3) is 4.19. The summed E-state index contributed by atoms with van der Waals surface area (Å²) in [6.07, 6.45) is 1.50. The van der Waals surface area contributed by atoms with Crippen molar-refractivity contribution < 1.29 is 14.3 Å². The first kappa shape index (κ1) is 18.1. The van der Waals surface area contributed by atoms with Gasteiger partial charge in [0.25, 0.3) is 0 Å². The highest BCUT2D eigenvalue weighted by Crippen LogP contribution is 2.27. The van der Waals surface area contributed by atoms with Gasteiger partial charge in [-0.05, 0) is 32.8 Å². The number of amides is 3. The summed E-state index contributed by atoms with van der Waals surface area (Å²) in [6, 6.07) is 6.91. The van der Waals surface area contributed by atoms with Crippen LogP contribution in [0.2, 0.25) is 0 Å². The number of hydrogen-bond acceptors (Lipinski definition) is 3. The van der Waals surface area contributed by atoms with Gasteiger partial charge in [0.2, 0.25) is 5.91 Å². The summed E-state index contributed by atoms with van der Waals surface area (Å²) in [5.74, 6) is 0.680. The Morgan fingerprint density at radius 3 is 2.88 bits per heavy atom. The minimum atomic E-state index is -0.466. The van der Waals surface area contributed by atoms with Gasteiger partial charge in [0.05, 0.1) is 12.6 Å². The van der Waals surface area contributed by atoms with E-state index in [1.807, 2.05) is 38.1 Å². The van der Waals surface area contributed by atoms with Gasteiger partial charge in [-0.3, -0.25) is 4.79 Å². The van der Waals surface area contributed by atoms with Crippen LogP contribution < -0.4 is 15.4 Å². The Bertz CT molecular complexity index is 576. The molecular weight excluding hydrogens is 306 g/mol. The summed E-state index contributed by atoms with van der Waals surface area (Å²) in [5, 5.41) is 5.88. The number of para-hydroxylation sites is 1. The van der Waals surface area contributed by atoms with E-state index in [9.17, 15) is 9.59 Å². The summed E-state index contributed by atoms with van der Waals surface area (Å²) >= 11 is 0. The van der Waals surface area contributed by atoms with Crippen molar-refractivity contribution in [2.24, 2.45) is 0 Å². The lowest BCUT2D eigenvalue weighted by Gasteiger charge is -2.29. The SMILES string of the molecule is CCOc1ccccc1[C@H](CC)NC(=O)N1CCCNC(=O)[C@H]1C. The van der Waals surface area contributed by atoms with Crippen LogP contribution in [0.4, 0.5) is 4.79 Å². The molecule has 2 N–H and O–H groups in total. The number of rotatable bonds is 5. The maximum absolute atomic E-state index is 12.7.